The Kier molecular flexibility index (Phi) is 12.1. The van der Waals surface area contributed by atoms with E-state index in [0.29, 0.717) is 24.3 Å². The predicted octanol–water partition coefficient (Wildman–Crippen LogP) is 3.01. The number of esters is 1. The van der Waals surface area contributed by atoms with Gasteiger partial charge in [0, 0.05) is 11.9 Å². The minimum absolute atomic E-state index is 0.187. The number of aromatic nitrogens is 1. The van der Waals surface area contributed by atoms with E-state index in [1.165, 1.54) is 11.3 Å². The fourth-order valence-electron chi connectivity index (χ4n) is 3.14. The topological polar surface area (TPSA) is 140 Å². The highest BCUT2D eigenvalue weighted by atomic mass is 32.2. The normalized spacial score (nSPS) is 13.3. The lowest BCUT2D eigenvalue weighted by atomic mass is 10.1. The van der Waals surface area contributed by atoms with E-state index >= 15 is 0 Å². The van der Waals surface area contributed by atoms with Gasteiger partial charge in [0.25, 0.3) is 5.91 Å². The van der Waals surface area contributed by atoms with Gasteiger partial charge in [0.15, 0.2) is 0 Å². The Morgan fingerprint density at radius 2 is 1.91 bits per heavy atom. The van der Waals surface area contributed by atoms with Crippen LogP contribution in [-0.2, 0) is 19.6 Å². The molecule has 0 radical (unpaired) electrons. The zero-order valence-electron chi connectivity index (χ0n) is 20.3. The molecule has 4 N–H and O–H groups in total. The number of sulfonamides is 1. The number of amides is 1. The van der Waals surface area contributed by atoms with Crippen molar-refractivity contribution in [3.8, 4) is 0 Å². The number of nitrogens with two attached hydrogens (primary N) is 1. The molecule has 0 aliphatic carbocycles. The third-order valence-electron chi connectivity index (χ3n) is 5.12. The van der Waals surface area contributed by atoms with Crippen molar-refractivity contribution in [3.05, 3.63) is 45.9 Å². The van der Waals surface area contributed by atoms with E-state index in [1.807, 2.05) is 13.2 Å². The van der Waals surface area contributed by atoms with Crippen molar-refractivity contribution in [1.82, 2.24) is 15.0 Å². The Hall–Kier alpha value is -1.99. The summed E-state index contributed by atoms with van der Waals surface area (Å²) in [6, 6.07) is 5.51. The minimum atomic E-state index is -3.60. The maximum atomic E-state index is 12.7. The molecule has 194 valence electrons. The first kappa shape index (κ1) is 29.2. The molecule has 0 bridgehead atoms. The van der Waals surface area contributed by atoms with Crippen molar-refractivity contribution in [2.24, 2.45) is 5.73 Å². The number of carbonyl (C=O) groups excluding carboxylic acids is 2. The number of nitrogens with one attached hydrogen (secondary N) is 2. The quantitative estimate of drug-likeness (QED) is 0.230. The standard InChI is InChI=1S/C23H34N4O5S3/c1-4-32-23(29)19(26-21(28)20-15-34-22(27-20)18(24)12-14-33-3)7-5-6-13-25-35(30,31)17-10-8-16(2)9-11-17/h8-11,15,18-19,25H,4-7,12-14,24H2,1-3H3,(H,26,28). The second-order valence-corrected chi connectivity index (χ2v) is 11.6. The molecule has 2 atom stereocenters. The zero-order chi connectivity index (χ0) is 25.8. The minimum Gasteiger partial charge on any atom is -0.464 e. The van der Waals surface area contributed by atoms with Crippen LogP contribution in [0.2, 0.25) is 0 Å². The summed E-state index contributed by atoms with van der Waals surface area (Å²) in [6.07, 6.45) is 4.06. The first-order valence-corrected chi connectivity index (χ1v) is 15.2. The molecular formula is C23H34N4O5S3. The molecule has 0 saturated carbocycles. The molecule has 2 aromatic rings. The average Bonchev–Trinajstić information content (AvgIpc) is 3.32. The predicted molar refractivity (Wildman–Crippen MR) is 140 cm³/mol. The summed E-state index contributed by atoms with van der Waals surface area (Å²) in [5.74, 6) is -0.107. The van der Waals surface area contributed by atoms with Crippen molar-refractivity contribution in [2.75, 3.05) is 25.2 Å². The van der Waals surface area contributed by atoms with Crippen LogP contribution in [0.5, 0.6) is 0 Å². The van der Waals surface area contributed by atoms with Gasteiger partial charge in [-0.25, -0.2) is 22.9 Å². The Morgan fingerprint density at radius 3 is 2.57 bits per heavy atom. The number of carbonyl (C=O) groups is 2. The van der Waals surface area contributed by atoms with E-state index in [4.69, 9.17) is 10.5 Å². The lowest BCUT2D eigenvalue weighted by Gasteiger charge is -2.17. The smallest absolute Gasteiger partial charge is 0.328 e. The number of hydrogen-bond donors (Lipinski definition) is 3. The number of nitrogens with zero attached hydrogens (tertiary/aromatic N) is 1. The monoisotopic (exact) mass is 542 g/mol. The first-order valence-electron chi connectivity index (χ1n) is 11.4. The Balaban J connectivity index is 1.89. The van der Waals surface area contributed by atoms with Gasteiger partial charge in [-0.05, 0) is 63.7 Å². The fourth-order valence-corrected chi connectivity index (χ4v) is 5.53. The largest absolute Gasteiger partial charge is 0.464 e. The molecule has 0 spiro atoms. The van der Waals surface area contributed by atoms with Crippen LogP contribution in [0.15, 0.2) is 34.5 Å². The zero-order valence-corrected chi connectivity index (χ0v) is 22.7. The van der Waals surface area contributed by atoms with Crippen LogP contribution in [0.4, 0.5) is 0 Å². The maximum Gasteiger partial charge on any atom is 0.328 e. The molecule has 35 heavy (non-hydrogen) atoms. The van der Waals surface area contributed by atoms with Crippen LogP contribution in [0.1, 0.15) is 59.7 Å². The molecule has 0 aliphatic rings. The van der Waals surface area contributed by atoms with Gasteiger partial charge in [-0.2, -0.15) is 11.8 Å². The number of thioether (sulfide) groups is 1. The van der Waals surface area contributed by atoms with Gasteiger partial charge in [-0.1, -0.05) is 17.7 Å². The summed E-state index contributed by atoms with van der Waals surface area (Å²) in [7, 11) is -3.60. The number of unbranched alkanes of at least 4 members (excludes halogenated alkanes) is 1. The van der Waals surface area contributed by atoms with E-state index in [9.17, 15) is 18.0 Å². The number of rotatable bonds is 15. The number of ether oxygens (including phenoxy) is 1. The van der Waals surface area contributed by atoms with Crippen molar-refractivity contribution >= 4 is 45.0 Å². The summed E-state index contributed by atoms with van der Waals surface area (Å²) < 4.78 is 32.4. The second-order valence-electron chi connectivity index (χ2n) is 7.94. The van der Waals surface area contributed by atoms with E-state index in [-0.39, 0.29) is 29.8 Å². The molecule has 2 rings (SSSR count). The first-order chi connectivity index (χ1) is 16.7. The highest BCUT2D eigenvalue weighted by Gasteiger charge is 2.24. The van der Waals surface area contributed by atoms with E-state index in [2.05, 4.69) is 15.0 Å². The SMILES string of the molecule is CCOC(=O)C(CCCCNS(=O)(=O)c1ccc(C)cc1)NC(=O)c1csc(C(N)CCSC)n1. The molecule has 0 saturated heterocycles. The molecule has 0 aliphatic heterocycles. The van der Waals surface area contributed by atoms with Crippen molar-refractivity contribution in [3.63, 3.8) is 0 Å². The molecule has 12 heteroatoms. The maximum absolute atomic E-state index is 12.7. The highest BCUT2D eigenvalue weighted by Crippen LogP contribution is 2.20. The third kappa shape index (κ3) is 9.53. The van der Waals surface area contributed by atoms with Crippen LogP contribution in [0, 0.1) is 6.92 Å². The van der Waals surface area contributed by atoms with Gasteiger partial charge < -0.3 is 15.8 Å². The fraction of sp³-hybridized carbons (Fsp3) is 0.522. The second kappa shape index (κ2) is 14.5. The summed E-state index contributed by atoms with van der Waals surface area (Å²) in [4.78, 5) is 29.6. The van der Waals surface area contributed by atoms with Gasteiger partial charge in [-0.15, -0.1) is 11.3 Å². The molecule has 2 unspecified atom stereocenters. The van der Waals surface area contributed by atoms with Gasteiger partial charge in [0.05, 0.1) is 17.5 Å². The molecular weight excluding hydrogens is 508 g/mol. The van der Waals surface area contributed by atoms with Crippen molar-refractivity contribution in [2.45, 2.75) is 56.5 Å². The summed E-state index contributed by atoms with van der Waals surface area (Å²) in [6.45, 7) is 3.98. The molecule has 0 fully saturated rings. The van der Waals surface area contributed by atoms with Crippen LogP contribution >= 0.6 is 23.1 Å². The summed E-state index contributed by atoms with van der Waals surface area (Å²) in [5.41, 5.74) is 7.32. The third-order valence-corrected chi connectivity index (χ3v) is 8.22. The van der Waals surface area contributed by atoms with Crippen LogP contribution in [0.3, 0.4) is 0 Å². The van der Waals surface area contributed by atoms with Crippen molar-refractivity contribution < 1.29 is 22.7 Å². The Morgan fingerprint density at radius 1 is 1.20 bits per heavy atom. The number of thiazole rings is 1. The van der Waals surface area contributed by atoms with Crippen molar-refractivity contribution in [1.29, 1.82) is 0 Å². The van der Waals surface area contributed by atoms with E-state index < -0.39 is 27.9 Å². The van der Waals surface area contributed by atoms with Crippen LogP contribution in [0.25, 0.3) is 0 Å². The Labute approximate surface area is 215 Å². The molecule has 1 aromatic heterocycles. The molecule has 1 aromatic carbocycles. The number of hydrogen-bond acceptors (Lipinski definition) is 9. The highest BCUT2D eigenvalue weighted by molar-refractivity contribution is 7.98. The van der Waals surface area contributed by atoms with Gasteiger partial charge >= 0.3 is 5.97 Å². The van der Waals surface area contributed by atoms with Crippen LogP contribution < -0.4 is 15.8 Å². The average molecular weight is 543 g/mol. The number of aryl methyl sites for hydroxylation is 1. The number of benzene rings is 1. The van der Waals surface area contributed by atoms with Gasteiger partial charge in [-0.3, -0.25) is 4.79 Å². The molecule has 1 heterocycles. The molecule has 1 amide bonds. The van der Waals surface area contributed by atoms with Gasteiger partial charge in [0.2, 0.25) is 10.0 Å². The molecule has 9 nitrogen and oxygen atoms in total. The lowest BCUT2D eigenvalue weighted by Crippen LogP contribution is -2.42. The van der Waals surface area contributed by atoms with E-state index in [1.54, 1.807) is 48.3 Å². The summed E-state index contributed by atoms with van der Waals surface area (Å²) in [5, 5.41) is 5.01. The summed E-state index contributed by atoms with van der Waals surface area (Å²) >= 11 is 3.01. The Bertz CT molecular complexity index is 1060. The van der Waals surface area contributed by atoms with E-state index in [0.717, 1.165) is 17.7 Å². The van der Waals surface area contributed by atoms with Gasteiger partial charge in [0.1, 0.15) is 16.7 Å². The van der Waals surface area contributed by atoms with Crippen LogP contribution in [-0.4, -0.2) is 56.5 Å². The lowest BCUT2D eigenvalue weighted by molar-refractivity contribution is -0.145.